The molecule has 0 spiro atoms. The van der Waals surface area contributed by atoms with Crippen molar-refractivity contribution in [3.8, 4) is 0 Å². The fourth-order valence-corrected chi connectivity index (χ4v) is 2.81. The Bertz CT molecular complexity index is 178. The zero-order valence-corrected chi connectivity index (χ0v) is 7.73. The second-order valence-electron chi connectivity index (χ2n) is 4.44. The SMILES string of the molecule is CC(=O)NC12CCC(CC1)CC2. The normalized spacial score (nSPS) is 39.6. The topological polar surface area (TPSA) is 29.1 Å². The minimum atomic E-state index is 0.148. The summed E-state index contributed by atoms with van der Waals surface area (Å²) in [5.41, 5.74) is 0.209. The molecular formula is C10H17NO. The third kappa shape index (κ3) is 1.35. The van der Waals surface area contributed by atoms with Crippen LogP contribution in [0.5, 0.6) is 0 Å². The molecule has 3 saturated carbocycles. The minimum Gasteiger partial charge on any atom is -0.351 e. The van der Waals surface area contributed by atoms with Crippen molar-refractivity contribution in [2.75, 3.05) is 0 Å². The molecule has 1 N–H and O–H groups in total. The van der Waals surface area contributed by atoms with Crippen molar-refractivity contribution in [1.29, 1.82) is 0 Å². The summed E-state index contributed by atoms with van der Waals surface area (Å²) in [6.07, 6.45) is 7.66. The van der Waals surface area contributed by atoms with Crippen LogP contribution in [-0.4, -0.2) is 11.4 Å². The first-order valence-electron chi connectivity index (χ1n) is 4.99. The lowest BCUT2D eigenvalue weighted by molar-refractivity contribution is -0.122. The number of nitrogens with one attached hydrogen (secondary N) is 1. The van der Waals surface area contributed by atoms with Gasteiger partial charge in [0.05, 0.1) is 0 Å². The van der Waals surface area contributed by atoms with E-state index in [9.17, 15) is 4.79 Å². The number of amides is 1. The van der Waals surface area contributed by atoms with E-state index in [1.807, 2.05) is 0 Å². The molecule has 0 heterocycles. The zero-order valence-electron chi connectivity index (χ0n) is 7.73. The lowest BCUT2D eigenvalue weighted by atomic mass is 9.66. The summed E-state index contributed by atoms with van der Waals surface area (Å²) >= 11 is 0. The van der Waals surface area contributed by atoms with Gasteiger partial charge in [0.1, 0.15) is 0 Å². The molecule has 0 aromatic heterocycles. The molecule has 12 heavy (non-hydrogen) atoms. The first kappa shape index (κ1) is 8.09. The van der Waals surface area contributed by atoms with Gasteiger partial charge in [0, 0.05) is 12.5 Å². The second kappa shape index (κ2) is 2.75. The van der Waals surface area contributed by atoms with Gasteiger partial charge in [-0.05, 0) is 44.4 Å². The van der Waals surface area contributed by atoms with E-state index < -0.39 is 0 Å². The Hall–Kier alpha value is -0.530. The summed E-state index contributed by atoms with van der Waals surface area (Å²) in [4.78, 5) is 11.0. The molecule has 3 rings (SSSR count). The van der Waals surface area contributed by atoms with Crippen molar-refractivity contribution in [3.63, 3.8) is 0 Å². The van der Waals surface area contributed by atoms with Crippen molar-refractivity contribution in [3.05, 3.63) is 0 Å². The van der Waals surface area contributed by atoms with Gasteiger partial charge in [0.15, 0.2) is 0 Å². The highest BCUT2D eigenvalue weighted by atomic mass is 16.1. The average molecular weight is 167 g/mol. The Kier molecular flexibility index (Phi) is 1.85. The molecule has 3 aliphatic carbocycles. The van der Waals surface area contributed by atoms with Crippen LogP contribution >= 0.6 is 0 Å². The summed E-state index contributed by atoms with van der Waals surface area (Å²) in [6, 6.07) is 0. The smallest absolute Gasteiger partial charge is 0.217 e. The predicted molar refractivity (Wildman–Crippen MR) is 47.7 cm³/mol. The molecule has 2 heteroatoms. The molecule has 2 bridgehead atoms. The monoisotopic (exact) mass is 167 g/mol. The maximum Gasteiger partial charge on any atom is 0.217 e. The Labute approximate surface area is 73.7 Å². The van der Waals surface area contributed by atoms with Crippen molar-refractivity contribution in [1.82, 2.24) is 5.32 Å². The van der Waals surface area contributed by atoms with Gasteiger partial charge in [0.25, 0.3) is 0 Å². The van der Waals surface area contributed by atoms with Gasteiger partial charge in [-0.15, -0.1) is 0 Å². The lowest BCUT2D eigenvalue weighted by Gasteiger charge is -2.46. The van der Waals surface area contributed by atoms with Gasteiger partial charge in [-0.2, -0.15) is 0 Å². The Morgan fingerprint density at radius 1 is 1.25 bits per heavy atom. The standard InChI is InChI=1S/C10H17NO/c1-8(12)11-10-5-2-9(3-6-10)4-7-10/h9H,2-7H2,1H3,(H,11,12). The number of fused-ring (bicyclic) bond motifs is 3. The highest BCUT2D eigenvalue weighted by molar-refractivity contribution is 5.73. The number of carbonyl (C=O) groups excluding carboxylic acids is 1. The molecule has 2 nitrogen and oxygen atoms in total. The number of carbonyl (C=O) groups is 1. The molecule has 0 atom stereocenters. The zero-order chi connectivity index (χ0) is 8.60. The molecular weight excluding hydrogens is 150 g/mol. The Morgan fingerprint density at radius 2 is 1.75 bits per heavy atom. The molecule has 0 aromatic rings. The quantitative estimate of drug-likeness (QED) is 0.634. The van der Waals surface area contributed by atoms with Gasteiger partial charge in [0.2, 0.25) is 5.91 Å². The number of hydrogen-bond acceptors (Lipinski definition) is 1. The molecule has 0 saturated heterocycles. The van der Waals surface area contributed by atoms with E-state index in [1.54, 1.807) is 6.92 Å². The van der Waals surface area contributed by atoms with Crippen LogP contribution in [0, 0.1) is 5.92 Å². The molecule has 3 aliphatic rings. The fourth-order valence-electron chi connectivity index (χ4n) is 2.81. The average Bonchev–Trinajstić information content (AvgIpc) is 2.05. The van der Waals surface area contributed by atoms with E-state index in [0.717, 1.165) is 5.92 Å². The minimum absolute atomic E-state index is 0.148. The molecule has 1 amide bonds. The first-order chi connectivity index (χ1) is 5.70. The molecule has 0 aromatic carbocycles. The van der Waals surface area contributed by atoms with Crippen LogP contribution in [-0.2, 0) is 4.79 Å². The molecule has 0 unspecified atom stereocenters. The summed E-state index contributed by atoms with van der Waals surface area (Å²) in [6.45, 7) is 1.63. The number of rotatable bonds is 1. The van der Waals surface area contributed by atoms with E-state index in [1.165, 1.54) is 38.5 Å². The second-order valence-corrected chi connectivity index (χ2v) is 4.44. The lowest BCUT2D eigenvalue weighted by Crippen LogP contribution is -2.53. The van der Waals surface area contributed by atoms with E-state index in [4.69, 9.17) is 0 Å². The number of hydrogen-bond donors (Lipinski definition) is 1. The van der Waals surface area contributed by atoms with Crippen molar-refractivity contribution < 1.29 is 4.79 Å². The van der Waals surface area contributed by atoms with Crippen LogP contribution in [0.1, 0.15) is 45.4 Å². The molecule has 0 aliphatic heterocycles. The van der Waals surface area contributed by atoms with E-state index in [2.05, 4.69) is 5.32 Å². The van der Waals surface area contributed by atoms with E-state index in [-0.39, 0.29) is 11.4 Å². The van der Waals surface area contributed by atoms with Crippen molar-refractivity contribution in [2.24, 2.45) is 5.92 Å². The van der Waals surface area contributed by atoms with E-state index >= 15 is 0 Å². The predicted octanol–water partition coefficient (Wildman–Crippen LogP) is 1.85. The third-order valence-corrected chi connectivity index (χ3v) is 3.53. The van der Waals surface area contributed by atoms with Crippen LogP contribution in [0.15, 0.2) is 0 Å². The van der Waals surface area contributed by atoms with E-state index in [0.29, 0.717) is 0 Å². The van der Waals surface area contributed by atoms with Gasteiger partial charge in [-0.25, -0.2) is 0 Å². The van der Waals surface area contributed by atoms with Crippen LogP contribution in [0.3, 0.4) is 0 Å². The third-order valence-electron chi connectivity index (χ3n) is 3.53. The molecule has 0 radical (unpaired) electrons. The summed E-state index contributed by atoms with van der Waals surface area (Å²) in [5, 5.41) is 3.14. The van der Waals surface area contributed by atoms with Gasteiger partial charge in [-0.3, -0.25) is 4.79 Å². The molecule has 68 valence electrons. The summed E-state index contributed by atoms with van der Waals surface area (Å²) < 4.78 is 0. The van der Waals surface area contributed by atoms with Crippen molar-refractivity contribution >= 4 is 5.91 Å². The Morgan fingerprint density at radius 3 is 2.17 bits per heavy atom. The van der Waals surface area contributed by atoms with Gasteiger partial charge in [-0.1, -0.05) is 0 Å². The van der Waals surface area contributed by atoms with Crippen LogP contribution < -0.4 is 5.32 Å². The maximum absolute atomic E-state index is 11.0. The maximum atomic E-state index is 11.0. The first-order valence-corrected chi connectivity index (χ1v) is 4.99. The van der Waals surface area contributed by atoms with Crippen LogP contribution in [0.4, 0.5) is 0 Å². The summed E-state index contributed by atoms with van der Waals surface area (Å²) in [7, 11) is 0. The van der Waals surface area contributed by atoms with Crippen LogP contribution in [0.25, 0.3) is 0 Å². The van der Waals surface area contributed by atoms with Crippen molar-refractivity contribution in [2.45, 2.75) is 51.0 Å². The van der Waals surface area contributed by atoms with Crippen LogP contribution in [0.2, 0.25) is 0 Å². The largest absolute Gasteiger partial charge is 0.351 e. The van der Waals surface area contributed by atoms with Gasteiger partial charge < -0.3 is 5.32 Å². The Balaban J connectivity index is 2.03. The highest BCUT2D eigenvalue weighted by Crippen LogP contribution is 2.43. The molecule has 3 fully saturated rings. The summed E-state index contributed by atoms with van der Waals surface area (Å²) in [5.74, 6) is 1.12. The highest BCUT2D eigenvalue weighted by Gasteiger charge is 2.40. The van der Waals surface area contributed by atoms with Gasteiger partial charge >= 0.3 is 0 Å². The fraction of sp³-hybridized carbons (Fsp3) is 0.900.